The Morgan fingerprint density at radius 2 is 1.50 bits per heavy atom. The van der Waals surface area contributed by atoms with Gasteiger partial charge in [-0.3, -0.25) is 0 Å². The Kier molecular flexibility index (Phi) is 7.11. The van der Waals surface area contributed by atoms with E-state index >= 15 is 0 Å². The van der Waals surface area contributed by atoms with Gasteiger partial charge in [0.2, 0.25) is 0 Å². The van der Waals surface area contributed by atoms with Gasteiger partial charge in [0.1, 0.15) is 0 Å². The number of para-hydroxylation sites is 1. The normalized spacial score (nSPS) is 10.0. The van der Waals surface area contributed by atoms with Gasteiger partial charge >= 0.3 is 53.4 Å². The van der Waals surface area contributed by atoms with E-state index in [-0.39, 0.29) is 0 Å². The van der Waals surface area contributed by atoms with Gasteiger partial charge in [0.15, 0.2) is 0 Å². The predicted octanol–water partition coefficient (Wildman–Crippen LogP) is 6.68. The molecule has 0 bridgehead atoms. The molecule has 0 fully saturated rings. The minimum atomic E-state index is -2.21. The molecule has 3 aromatic rings. The first-order valence-electron chi connectivity index (χ1n) is 6.98. The molecule has 0 aliphatic carbocycles. The SMILES string of the molecule is Cc1[o+]c2ccccc2cc1Cc1ccccc1.[Cl][Zn-]([Cl])[Cl]. The summed E-state index contributed by atoms with van der Waals surface area (Å²) in [7, 11) is 15.0. The van der Waals surface area contributed by atoms with Crippen molar-refractivity contribution >= 4 is 40.0 Å². The molecule has 1 aromatic heterocycles. The number of halogens is 3. The van der Waals surface area contributed by atoms with Crippen LogP contribution in [0, 0.1) is 6.92 Å². The molecular formula is C17H15Cl3OZn. The molecule has 0 unspecified atom stereocenters. The summed E-state index contributed by atoms with van der Waals surface area (Å²) in [6.45, 7) is 2.03. The van der Waals surface area contributed by atoms with Gasteiger partial charge in [-0.2, -0.15) is 0 Å². The van der Waals surface area contributed by atoms with Crippen LogP contribution in [0.3, 0.4) is 0 Å². The van der Waals surface area contributed by atoms with Crippen LogP contribution in [-0.4, -0.2) is 0 Å². The molecule has 0 amide bonds. The van der Waals surface area contributed by atoms with Crippen molar-refractivity contribution in [3.63, 3.8) is 0 Å². The molecule has 1 heterocycles. The fraction of sp³-hybridized carbons (Fsp3) is 0.118. The average molecular weight is 407 g/mol. The third kappa shape index (κ3) is 5.52. The van der Waals surface area contributed by atoms with E-state index < -0.39 is 13.0 Å². The van der Waals surface area contributed by atoms with Gasteiger partial charge in [0.25, 0.3) is 0 Å². The Morgan fingerprint density at radius 1 is 0.909 bits per heavy atom. The summed E-state index contributed by atoms with van der Waals surface area (Å²) in [4.78, 5) is 0. The van der Waals surface area contributed by atoms with Crippen LogP contribution in [0.25, 0.3) is 11.0 Å². The Bertz CT molecular complexity index is 730. The topological polar surface area (TPSA) is 11.3 Å². The summed E-state index contributed by atoms with van der Waals surface area (Å²) in [5.41, 5.74) is 3.51. The molecule has 0 saturated carbocycles. The number of fused-ring (bicyclic) bond motifs is 1. The molecule has 0 saturated heterocycles. The Labute approximate surface area is 147 Å². The molecule has 5 heteroatoms. The first-order chi connectivity index (χ1) is 10.6. The van der Waals surface area contributed by atoms with E-state index in [9.17, 15) is 0 Å². The zero-order chi connectivity index (χ0) is 15.9. The summed E-state index contributed by atoms with van der Waals surface area (Å²) in [5, 5.41) is 1.16. The van der Waals surface area contributed by atoms with E-state index in [0.29, 0.717) is 0 Å². The van der Waals surface area contributed by atoms with Gasteiger partial charge in [-0.05, 0) is 17.7 Å². The Morgan fingerprint density at radius 3 is 2.18 bits per heavy atom. The van der Waals surface area contributed by atoms with E-state index in [2.05, 4.69) is 36.4 Å². The minimum absolute atomic E-state index is 0.918. The average Bonchev–Trinajstić information content (AvgIpc) is 2.48. The second-order valence-electron chi connectivity index (χ2n) is 4.83. The molecule has 0 atom stereocenters. The molecule has 0 aliphatic heterocycles. The van der Waals surface area contributed by atoms with Crippen molar-refractivity contribution in [1.82, 2.24) is 0 Å². The molecule has 0 spiro atoms. The van der Waals surface area contributed by atoms with Crippen molar-refractivity contribution in [2.45, 2.75) is 13.3 Å². The van der Waals surface area contributed by atoms with Crippen molar-refractivity contribution in [2.75, 3.05) is 0 Å². The molecule has 1 nitrogen and oxygen atoms in total. The fourth-order valence-corrected chi connectivity index (χ4v) is 2.20. The molecule has 0 aliphatic rings. The Balaban J connectivity index is 0.000000396. The molecule has 3 rings (SSSR count). The van der Waals surface area contributed by atoms with Gasteiger partial charge < -0.3 is 0 Å². The van der Waals surface area contributed by atoms with Crippen LogP contribution in [0.5, 0.6) is 0 Å². The first-order valence-corrected chi connectivity index (χ1v) is 18.7. The van der Waals surface area contributed by atoms with E-state index in [1.807, 2.05) is 31.2 Å². The number of rotatable bonds is 2. The van der Waals surface area contributed by atoms with Crippen LogP contribution in [0.15, 0.2) is 65.1 Å². The van der Waals surface area contributed by atoms with Crippen molar-refractivity contribution in [2.24, 2.45) is 0 Å². The van der Waals surface area contributed by atoms with Crippen LogP contribution in [0.1, 0.15) is 16.9 Å². The summed E-state index contributed by atoms with van der Waals surface area (Å²) in [5.74, 6) is 0.998. The molecule has 0 radical (unpaired) electrons. The van der Waals surface area contributed by atoms with Gasteiger partial charge in [0.05, 0.1) is 17.9 Å². The van der Waals surface area contributed by atoms with E-state index in [0.717, 1.165) is 23.2 Å². The van der Waals surface area contributed by atoms with Crippen molar-refractivity contribution < 1.29 is 17.4 Å². The monoisotopic (exact) mass is 404 g/mol. The van der Waals surface area contributed by atoms with E-state index in [1.54, 1.807) is 0 Å². The van der Waals surface area contributed by atoms with Crippen LogP contribution in [-0.2, 0) is 19.4 Å². The fourth-order valence-electron chi connectivity index (χ4n) is 2.20. The summed E-state index contributed by atoms with van der Waals surface area (Å²) in [6.07, 6.45) is 0.918. The zero-order valence-corrected chi connectivity index (χ0v) is 17.5. The second-order valence-corrected chi connectivity index (χ2v) is 18.7. The van der Waals surface area contributed by atoms with Crippen LogP contribution in [0.2, 0.25) is 0 Å². The summed E-state index contributed by atoms with van der Waals surface area (Å²) >= 11 is -2.21. The number of hydrogen-bond acceptors (Lipinski definition) is 0. The second kappa shape index (κ2) is 8.84. The molecular weight excluding hydrogens is 392 g/mol. The quantitative estimate of drug-likeness (QED) is 0.341. The molecule has 0 N–H and O–H groups in total. The van der Waals surface area contributed by atoms with Gasteiger partial charge in [0, 0.05) is 12.5 Å². The van der Waals surface area contributed by atoms with Crippen LogP contribution < -0.4 is 0 Å². The van der Waals surface area contributed by atoms with Gasteiger partial charge in [-0.25, -0.2) is 4.42 Å². The third-order valence-corrected chi connectivity index (χ3v) is 3.20. The van der Waals surface area contributed by atoms with Gasteiger partial charge in [-0.15, -0.1) is 0 Å². The van der Waals surface area contributed by atoms with Gasteiger partial charge in [-0.1, -0.05) is 42.5 Å². The summed E-state index contributed by atoms with van der Waals surface area (Å²) < 4.78 is 5.86. The number of benzene rings is 2. The van der Waals surface area contributed by atoms with Crippen LogP contribution in [0.4, 0.5) is 0 Å². The molecule has 22 heavy (non-hydrogen) atoms. The van der Waals surface area contributed by atoms with Crippen LogP contribution >= 0.6 is 29.1 Å². The summed E-state index contributed by atoms with van der Waals surface area (Å²) in [6, 6.07) is 20.8. The predicted molar refractivity (Wildman–Crippen MR) is 92.2 cm³/mol. The third-order valence-electron chi connectivity index (χ3n) is 3.20. The molecule has 2 aromatic carbocycles. The molecule has 112 valence electrons. The Hall–Kier alpha value is -0.657. The maximum atomic E-state index is 5.86. The number of aryl methyl sites for hydroxylation is 1. The van der Waals surface area contributed by atoms with E-state index in [4.69, 9.17) is 33.5 Å². The zero-order valence-electron chi connectivity index (χ0n) is 12.2. The number of hydrogen-bond donors (Lipinski definition) is 0. The van der Waals surface area contributed by atoms with Crippen molar-refractivity contribution in [1.29, 1.82) is 0 Å². The van der Waals surface area contributed by atoms with Crippen molar-refractivity contribution in [3.05, 3.63) is 77.6 Å². The standard InChI is InChI=1S/C17H15O.3ClH.Zn/c1-13-16(11-14-7-3-2-4-8-14)12-15-9-5-6-10-17(15)18-13;;;;/h2-10,12H,11H2,1H3;3*1H;/q+1;;;;+2/p-3. The first kappa shape index (κ1) is 17.7. The maximum absolute atomic E-state index is 5.86. The van der Waals surface area contributed by atoms with E-state index in [1.165, 1.54) is 11.1 Å². The van der Waals surface area contributed by atoms with Crippen molar-refractivity contribution in [3.8, 4) is 0 Å².